The van der Waals surface area contributed by atoms with Crippen molar-refractivity contribution in [2.45, 2.75) is 25.4 Å². The molecule has 2 rings (SSSR count). The van der Waals surface area contributed by atoms with Gasteiger partial charge in [0.15, 0.2) is 0 Å². The van der Waals surface area contributed by atoms with Crippen molar-refractivity contribution in [1.82, 2.24) is 10.2 Å². The van der Waals surface area contributed by atoms with Crippen molar-refractivity contribution in [2.75, 3.05) is 13.6 Å². The number of nitrogens with one attached hydrogen (secondary N) is 1. The molecule has 1 aromatic rings. The first kappa shape index (κ1) is 13.7. The fraction of sp³-hybridized carbons (Fsp3) is 0.462. The highest BCUT2D eigenvalue weighted by molar-refractivity contribution is 6.42. The van der Waals surface area contributed by atoms with Gasteiger partial charge in [-0.15, -0.1) is 0 Å². The molecule has 1 atom stereocenters. The summed E-state index contributed by atoms with van der Waals surface area (Å²) in [5.74, 6) is 0.114. The molecule has 1 N–H and O–H groups in total. The third-order valence-electron chi connectivity index (χ3n) is 3.17. The molecule has 1 fully saturated rings. The van der Waals surface area contributed by atoms with Gasteiger partial charge in [-0.25, -0.2) is 0 Å². The number of halogens is 2. The van der Waals surface area contributed by atoms with E-state index in [1.165, 1.54) is 0 Å². The first-order valence-corrected chi connectivity index (χ1v) is 6.76. The molecule has 1 aliphatic heterocycles. The molecule has 98 valence electrons. The average molecular weight is 287 g/mol. The largest absolute Gasteiger partial charge is 0.340 e. The summed E-state index contributed by atoms with van der Waals surface area (Å²) in [5.41, 5.74) is 0.873. The normalized spacial score (nSPS) is 18.9. The minimum absolute atomic E-state index is 0.0482. The van der Waals surface area contributed by atoms with E-state index >= 15 is 0 Å². The van der Waals surface area contributed by atoms with Gasteiger partial charge in [-0.3, -0.25) is 4.79 Å². The number of carbonyl (C=O) groups is 1. The number of rotatable bonds is 3. The van der Waals surface area contributed by atoms with E-state index < -0.39 is 0 Å². The zero-order chi connectivity index (χ0) is 13.1. The second kappa shape index (κ2) is 5.91. The SMILES string of the molecule is CN(Cc1cccc(Cl)c1Cl)C(=O)[C@@H]1CCCN1. The molecular weight excluding hydrogens is 271 g/mol. The van der Waals surface area contributed by atoms with Crippen LogP contribution >= 0.6 is 23.2 Å². The Morgan fingerprint density at radius 2 is 2.28 bits per heavy atom. The van der Waals surface area contributed by atoms with Gasteiger partial charge in [0.05, 0.1) is 16.1 Å². The molecule has 1 amide bonds. The molecule has 1 saturated heterocycles. The summed E-state index contributed by atoms with van der Waals surface area (Å²) in [4.78, 5) is 13.8. The Morgan fingerprint density at radius 1 is 1.50 bits per heavy atom. The molecule has 3 nitrogen and oxygen atoms in total. The molecule has 1 heterocycles. The average Bonchev–Trinajstić information content (AvgIpc) is 2.87. The zero-order valence-electron chi connectivity index (χ0n) is 10.2. The molecule has 5 heteroatoms. The van der Waals surface area contributed by atoms with Crippen molar-refractivity contribution in [1.29, 1.82) is 0 Å². The lowest BCUT2D eigenvalue weighted by molar-refractivity contribution is -0.132. The van der Waals surface area contributed by atoms with E-state index in [1.807, 2.05) is 12.1 Å². The Morgan fingerprint density at radius 3 is 2.94 bits per heavy atom. The van der Waals surface area contributed by atoms with Crippen molar-refractivity contribution in [3.05, 3.63) is 33.8 Å². The fourth-order valence-corrected chi connectivity index (χ4v) is 2.55. The predicted molar refractivity (Wildman–Crippen MR) is 74.0 cm³/mol. The van der Waals surface area contributed by atoms with E-state index in [2.05, 4.69) is 5.32 Å². The second-order valence-corrected chi connectivity index (χ2v) is 5.34. The Kier molecular flexibility index (Phi) is 4.49. The molecule has 0 aliphatic carbocycles. The summed E-state index contributed by atoms with van der Waals surface area (Å²) in [6, 6.07) is 5.43. The smallest absolute Gasteiger partial charge is 0.239 e. The topological polar surface area (TPSA) is 32.3 Å². The molecule has 0 bridgehead atoms. The van der Waals surface area contributed by atoms with Crippen molar-refractivity contribution >= 4 is 29.1 Å². The van der Waals surface area contributed by atoms with E-state index in [9.17, 15) is 4.79 Å². The summed E-state index contributed by atoms with van der Waals surface area (Å²) in [5, 5.41) is 4.25. The maximum atomic E-state index is 12.1. The van der Waals surface area contributed by atoms with Gasteiger partial charge in [0.1, 0.15) is 0 Å². The minimum Gasteiger partial charge on any atom is -0.340 e. The van der Waals surface area contributed by atoms with Crippen LogP contribution in [0.25, 0.3) is 0 Å². The lowest BCUT2D eigenvalue weighted by atomic mass is 10.1. The van der Waals surface area contributed by atoms with Crippen LogP contribution < -0.4 is 5.32 Å². The third kappa shape index (κ3) is 2.97. The maximum Gasteiger partial charge on any atom is 0.239 e. The van der Waals surface area contributed by atoms with Gasteiger partial charge in [0, 0.05) is 13.6 Å². The number of benzene rings is 1. The van der Waals surface area contributed by atoms with Crippen molar-refractivity contribution in [3.63, 3.8) is 0 Å². The van der Waals surface area contributed by atoms with Crippen LogP contribution in [-0.4, -0.2) is 30.4 Å². The molecule has 1 aromatic carbocycles. The molecule has 0 aromatic heterocycles. The number of hydrogen-bond acceptors (Lipinski definition) is 2. The van der Waals surface area contributed by atoms with Crippen molar-refractivity contribution in [2.24, 2.45) is 0 Å². The molecule has 0 saturated carbocycles. The summed E-state index contributed by atoms with van der Waals surface area (Å²) in [6.45, 7) is 1.40. The Hall–Kier alpha value is -0.770. The lowest BCUT2D eigenvalue weighted by Crippen LogP contribution is -2.41. The van der Waals surface area contributed by atoms with Crippen LogP contribution in [0, 0.1) is 0 Å². The van der Waals surface area contributed by atoms with Crippen molar-refractivity contribution in [3.8, 4) is 0 Å². The Balaban J connectivity index is 2.04. The van der Waals surface area contributed by atoms with Crippen LogP contribution in [0.2, 0.25) is 10.0 Å². The minimum atomic E-state index is -0.0482. The molecule has 1 aliphatic rings. The lowest BCUT2D eigenvalue weighted by Gasteiger charge is -2.21. The third-order valence-corrected chi connectivity index (χ3v) is 4.03. The number of hydrogen-bond donors (Lipinski definition) is 1. The van der Waals surface area contributed by atoms with Gasteiger partial charge >= 0.3 is 0 Å². The van der Waals surface area contributed by atoms with E-state index in [0.717, 1.165) is 24.9 Å². The van der Waals surface area contributed by atoms with E-state index in [4.69, 9.17) is 23.2 Å². The van der Waals surface area contributed by atoms with Gasteiger partial charge in [-0.05, 0) is 31.0 Å². The maximum absolute atomic E-state index is 12.1. The van der Waals surface area contributed by atoms with Crippen molar-refractivity contribution < 1.29 is 4.79 Å². The molecule has 0 radical (unpaired) electrons. The number of carbonyl (C=O) groups excluding carboxylic acids is 1. The first-order valence-electron chi connectivity index (χ1n) is 6.01. The van der Waals surface area contributed by atoms with Crippen LogP contribution in [0.5, 0.6) is 0 Å². The van der Waals surface area contributed by atoms with E-state index in [-0.39, 0.29) is 11.9 Å². The van der Waals surface area contributed by atoms with Gasteiger partial charge in [-0.1, -0.05) is 35.3 Å². The van der Waals surface area contributed by atoms with Gasteiger partial charge in [0.25, 0.3) is 0 Å². The Labute approximate surface area is 117 Å². The quantitative estimate of drug-likeness (QED) is 0.927. The number of amides is 1. The van der Waals surface area contributed by atoms with Crippen LogP contribution in [0.15, 0.2) is 18.2 Å². The highest BCUT2D eigenvalue weighted by atomic mass is 35.5. The first-order chi connectivity index (χ1) is 8.59. The monoisotopic (exact) mass is 286 g/mol. The fourth-order valence-electron chi connectivity index (χ4n) is 2.17. The molecule has 0 spiro atoms. The van der Waals surface area contributed by atoms with Crippen LogP contribution in [0.4, 0.5) is 0 Å². The number of nitrogens with zero attached hydrogens (tertiary/aromatic N) is 1. The van der Waals surface area contributed by atoms with Crippen LogP contribution in [0.1, 0.15) is 18.4 Å². The summed E-state index contributed by atoms with van der Waals surface area (Å²) < 4.78 is 0. The zero-order valence-corrected chi connectivity index (χ0v) is 11.8. The Bertz CT molecular complexity index is 445. The summed E-state index contributed by atoms with van der Waals surface area (Å²) in [7, 11) is 1.79. The van der Waals surface area contributed by atoms with E-state index in [0.29, 0.717) is 16.6 Å². The highest BCUT2D eigenvalue weighted by Gasteiger charge is 2.25. The summed E-state index contributed by atoms with van der Waals surface area (Å²) >= 11 is 12.1. The molecule has 18 heavy (non-hydrogen) atoms. The second-order valence-electron chi connectivity index (χ2n) is 4.56. The van der Waals surface area contributed by atoms with Gasteiger partial charge in [0.2, 0.25) is 5.91 Å². The molecular formula is C13H16Cl2N2O. The predicted octanol–water partition coefficient (Wildman–Crippen LogP) is 2.70. The summed E-state index contributed by atoms with van der Waals surface area (Å²) in [6.07, 6.45) is 1.97. The van der Waals surface area contributed by atoms with Crippen LogP contribution in [0.3, 0.4) is 0 Å². The standard InChI is InChI=1S/C13H16Cl2N2O/c1-17(13(18)11-6-3-7-16-11)8-9-4-2-5-10(14)12(9)15/h2,4-5,11,16H,3,6-8H2,1H3/t11-/m0/s1. The van der Waals surface area contributed by atoms with Crippen LogP contribution in [-0.2, 0) is 11.3 Å². The van der Waals surface area contributed by atoms with Gasteiger partial charge < -0.3 is 10.2 Å². The van der Waals surface area contributed by atoms with Gasteiger partial charge in [-0.2, -0.15) is 0 Å². The highest BCUT2D eigenvalue weighted by Crippen LogP contribution is 2.26. The number of likely N-dealkylation sites (N-methyl/N-ethyl adjacent to an activating group) is 1. The van der Waals surface area contributed by atoms with E-state index in [1.54, 1.807) is 18.0 Å². The molecule has 0 unspecified atom stereocenters.